The molecular formula is C26H29NO2S. The van der Waals surface area contributed by atoms with E-state index in [4.69, 9.17) is 8.92 Å². The van der Waals surface area contributed by atoms with Gasteiger partial charge in [0.25, 0.3) is 0 Å². The number of para-hydroxylation sites is 1. The molecule has 0 fully saturated rings. The quantitative estimate of drug-likeness (QED) is 0.336. The van der Waals surface area contributed by atoms with E-state index in [2.05, 4.69) is 59.7 Å². The largest absolute Gasteiger partial charge is 0.492 e. The van der Waals surface area contributed by atoms with Gasteiger partial charge >= 0.3 is 0 Å². The molecule has 0 bridgehead atoms. The van der Waals surface area contributed by atoms with E-state index in [1.165, 1.54) is 52.8 Å². The number of aryl methyl sites for hydroxylation is 3. The van der Waals surface area contributed by atoms with Crippen LogP contribution in [0, 0.1) is 0 Å². The maximum Gasteiger partial charge on any atom is 0.138 e. The third kappa shape index (κ3) is 4.30. The van der Waals surface area contributed by atoms with Crippen molar-refractivity contribution in [2.75, 3.05) is 13.2 Å². The smallest absolute Gasteiger partial charge is 0.138 e. The lowest BCUT2D eigenvalue weighted by molar-refractivity contribution is 0.279. The third-order valence-electron chi connectivity index (χ3n) is 6.27. The van der Waals surface area contributed by atoms with Gasteiger partial charge in [-0.25, -0.2) is 0 Å². The highest BCUT2D eigenvalue weighted by atomic mass is 32.2. The maximum atomic E-state index is 5.88. The second kappa shape index (κ2) is 9.32. The van der Waals surface area contributed by atoms with Crippen LogP contribution in [0.25, 0.3) is 0 Å². The Morgan fingerprint density at radius 1 is 1.03 bits per heavy atom. The number of nitrogens with one attached hydrogen (secondary N) is 1. The number of rotatable bonds is 8. The fourth-order valence-corrected chi connectivity index (χ4v) is 5.44. The normalized spacial score (nSPS) is 17.4. The van der Waals surface area contributed by atoms with Crippen molar-refractivity contribution in [3.8, 4) is 5.75 Å². The Balaban J connectivity index is 1.07. The highest BCUT2D eigenvalue weighted by Gasteiger charge is 2.24. The van der Waals surface area contributed by atoms with Crippen molar-refractivity contribution in [1.82, 2.24) is 4.98 Å². The molecule has 2 aromatic carbocycles. The summed E-state index contributed by atoms with van der Waals surface area (Å²) in [5, 5.41) is 0. The molecule has 0 radical (unpaired) electrons. The number of unbranched alkanes of at least 4 members (excludes halogenated alkanes) is 1. The maximum absolute atomic E-state index is 5.88. The molecule has 0 saturated heterocycles. The van der Waals surface area contributed by atoms with E-state index in [1.807, 2.05) is 0 Å². The summed E-state index contributed by atoms with van der Waals surface area (Å²) in [7, 11) is 0. The summed E-state index contributed by atoms with van der Waals surface area (Å²) in [6.45, 7) is 1.58. The van der Waals surface area contributed by atoms with E-state index in [1.54, 1.807) is 0 Å². The summed E-state index contributed by atoms with van der Waals surface area (Å²) in [5.74, 6) is 1.59. The van der Waals surface area contributed by atoms with E-state index in [9.17, 15) is 0 Å². The summed E-state index contributed by atoms with van der Waals surface area (Å²) in [4.78, 5) is 4.61. The first-order chi connectivity index (χ1) is 14.9. The van der Waals surface area contributed by atoms with Crippen molar-refractivity contribution in [2.45, 2.75) is 55.8 Å². The average molecular weight is 420 g/mol. The fourth-order valence-electron chi connectivity index (χ4n) is 4.72. The van der Waals surface area contributed by atoms with Crippen LogP contribution in [0.4, 0.5) is 0 Å². The van der Waals surface area contributed by atoms with Crippen molar-refractivity contribution in [3.63, 3.8) is 0 Å². The first-order valence-corrected chi connectivity index (χ1v) is 11.9. The van der Waals surface area contributed by atoms with Crippen LogP contribution in [0.15, 0.2) is 59.6 Å². The number of aromatic amines is 1. The minimum Gasteiger partial charge on any atom is -0.492 e. The molecule has 1 aliphatic carbocycles. The standard InChI is InChI=1S/C26H29NO2S/c1-2-11-23-19(7-1)13-14-24(23)21-17-22(27-18-21)10-3-4-16-29-30-25-12-5-8-20-9-6-15-28-26(20)25/h1-2,5,7-8,11-12,17-18,24,27H,3-4,6,9-10,13-16H2. The van der Waals surface area contributed by atoms with Crippen LogP contribution in [-0.2, 0) is 23.4 Å². The summed E-state index contributed by atoms with van der Waals surface area (Å²) in [6.07, 6.45) is 10.1. The molecule has 156 valence electrons. The van der Waals surface area contributed by atoms with Crippen LogP contribution in [0.1, 0.15) is 59.5 Å². The molecule has 1 unspecified atom stereocenters. The van der Waals surface area contributed by atoms with Crippen molar-refractivity contribution < 1.29 is 8.92 Å². The number of hydrogen-bond donors (Lipinski definition) is 1. The molecular weight excluding hydrogens is 390 g/mol. The molecule has 0 saturated carbocycles. The molecule has 0 amide bonds. The highest BCUT2D eigenvalue weighted by Crippen LogP contribution is 2.38. The Labute approximate surface area is 183 Å². The molecule has 4 heteroatoms. The number of H-pyrrole nitrogens is 1. The minimum absolute atomic E-state index is 0.560. The summed E-state index contributed by atoms with van der Waals surface area (Å²) >= 11 is 1.46. The topological polar surface area (TPSA) is 34.2 Å². The van der Waals surface area contributed by atoms with Crippen molar-refractivity contribution in [3.05, 3.63) is 82.7 Å². The zero-order chi connectivity index (χ0) is 20.2. The second-order valence-electron chi connectivity index (χ2n) is 8.31. The Morgan fingerprint density at radius 2 is 1.97 bits per heavy atom. The minimum atomic E-state index is 0.560. The summed E-state index contributed by atoms with van der Waals surface area (Å²) < 4.78 is 11.7. The van der Waals surface area contributed by atoms with Gasteiger partial charge in [0.05, 0.1) is 18.1 Å². The number of benzene rings is 2. The van der Waals surface area contributed by atoms with Gasteiger partial charge in [0.15, 0.2) is 0 Å². The predicted octanol–water partition coefficient (Wildman–Crippen LogP) is 6.46. The first kappa shape index (κ1) is 19.8. The molecule has 3 nitrogen and oxygen atoms in total. The molecule has 1 N–H and O–H groups in total. The Bertz CT molecular complexity index is 996. The zero-order valence-corrected chi connectivity index (χ0v) is 18.2. The SMILES string of the molecule is c1ccc2c(c1)CCC2c1c[nH]c(CCCCOSc2cccc3c2OCCC3)c1. The number of hydrogen-bond acceptors (Lipinski definition) is 3. The summed E-state index contributed by atoms with van der Waals surface area (Å²) in [6, 6.07) is 17.6. The van der Waals surface area contributed by atoms with E-state index >= 15 is 0 Å². The molecule has 1 aliphatic heterocycles. The van der Waals surface area contributed by atoms with Crippen molar-refractivity contribution in [2.24, 2.45) is 0 Å². The zero-order valence-electron chi connectivity index (χ0n) is 17.4. The van der Waals surface area contributed by atoms with Gasteiger partial charge in [0.1, 0.15) is 5.75 Å². The van der Waals surface area contributed by atoms with Crippen LogP contribution >= 0.6 is 12.0 Å². The first-order valence-electron chi connectivity index (χ1n) is 11.2. The van der Waals surface area contributed by atoms with Crippen LogP contribution in [-0.4, -0.2) is 18.2 Å². The highest BCUT2D eigenvalue weighted by molar-refractivity contribution is 7.94. The molecule has 2 aliphatic rings. The molecule has 1 aromatic heterocycles. The molecule has 2 heterocycles. The predicted molar refractivity (Wildman–Crippen MR) is 122 cm³/mol. The number of aromatic nitrogens is 1. The number of ether oxygens (including phenoxy) is 1. The summed E-state index contributed by atoms with van der Waals surface area (Å²) in [5.41, 5.74) is 7.12. The second-order valence-corrected chi connectivity index (χ2v) is 9.15. The van der Waals surface area contributed by atoms with Crippen LogP contribution in [0.2, 0.25) is 0 Å². The third-order valence-corrected chi connectivity index (χ3v) is 7.06. The van der Waals surface area contributed by atoms with Gasteiger partial charge in [-0.2, -0.15) is 0 Å². The van der Waals surface area contributed by atoms with E-state index < -0.39 is 0 Å². The Kier molecular flexibility index (Phi) is 6.14. The van der Waals surface area contributed by atoms with Crippen LogP contribution in [0.3, 0.4) is 0 Å². The Morgan fingerprint density at radius 3 is 2.97 bits per heavy atom. The van der Waals surface area contributed by atoms with Gasteiger partial charge in [-0.3, -0.25) is 0 Å². The lowest BCUT2D eigenvalue weighted by atomic mass is 9.95. The van der Waals surface area contributed by atoms with Gasteiger partial charge in [-0.15, -0.1) is 0 Å². The van der Waals surface area contributed by atoms with Gasteiger partial charge in [0.2, 0.25) is 0 Å². The van der Waals surface area contributed by atoms with Gasteiger partial charge in [-0.05, 0) is 79.3 Å². The monoisotopic (exact) mass is 419 g/mol. The molecule has 5 rings (SSSR count). The van der Waals surface area contributed by atoms with Gasteiger partial charge in [-0.1, -0.05) is 36.4 Å². The Hall–Kier alpha value is -2.17. The van der Waals surface area contributed by atoms with Crippen molar-refractivity contribution in [1.29, 1.82) is 0 Å². The van der Waals surface area contributed by atoms with Gasteiger partial charge < -0.3 is 13.9 Å². The van der Waals surface area contributed by atoms with E-state index in [-0.39, 0.29) is 0 Å². The van der Waals surface area contributed by atoms with E-state index in [0.29, 0.717) is 5.92 Å². The molecule has 0 spiro atoms. The fraction of sp³-hybridized carbons (Fsp3) is 0.385. The van der Waals surface area contributed by atoms with E-state index in [0.717, 1.165) is 56.0 Å². The number of fused-ring (bicyclic) bond motifs is 2. The van der Waals surface area contributed by atoms with Crippen LogP contribution < -0.4 is 4.74 Å². The molecule has 3 aromatic rings. The van der Waals surface area contributed by atoms with Crippen LogP contribution in [0.5, 0.6) is 5.75 Å². The van der Waals surface area contributed by atoms with Gasteiger partial charge in [0, 0.05) is 29.9 Å². The molecule has 30 heavy (non-hydrogen) atoms. The molecule has 1 atom stereocenters. The lowest BCUT2D eigenvalue weighted by Gasteiger charge is -2.19. The van der Waals surface area contributed by atoms with Crippen molar-refractivity contribution >= 4 is 12.0 Å². The lowest BCUT2D eigenvalue weighted by Crippen LogP contribution is -2.09. The average Bonchev–Trinajstić information content (AvgIpc) is 3.43.